The molecule has 0 aromatic rings. The number of Topliss-reactive ketones (excluding diaryl/α,β-unsaturated/α-hetero) is 1. The van der Waals surface area contributed by atoms with Crippen LogP contribution >= 0.6 is 0 Å². The first-order valence-electron chi connectivity index (χ1n) is 3.79. The maximum atomic E-state index is 11.0. The molecule has 4 nitrogen and oxygen atoms in total. The summed E-state index contributed by atoms with van der Waals surface area (Å²) in [6, 6.07) is -0.977. The Morgan fingerprint density at radius 2 is 2.09 bits per heavy atom. The lowest BCUT2D eigenvalue weighted by Crippen LogP contribution is -2.28. The topological polar surface area (TPSA) is 60.2 Å². The lowest BCUT2D eigenvalue weighted by atomic mass is 10.1. The second-order valence-corrected chi connectivity index (χ2v) is 2.43. The standard InChI is InChI=1S/C7H13NO3/c1-3-5-7(9)6(4-2)8(10)11/h6H,3-5H2,1-2H3/t6-/m1/s1. The van der Waals surface area contributed by atoms with Crippen molar-refractivity contribution >= 4 is 5.78 Å². The van der Waals surface area contributed by atoms with E-state index in [1.54, 1.807) is 6.92 Å². The van der Waals surface area contributed by atoms with Gasteiger partial charge in [-0.2, -0.15) is 0 Å². The summed E-state index contributed by atoms with van der Waals surface area (Å²) in [7, 11) is 0. The Balaban J connectivity index is 4.03. The van der Waals surface area contributed by atoms with Gasteiger partial charge in [0.2, 0.25) is 5.78 Å². The van der Waals surface area contributed by atoms with E-state index in [9.17, 15) is 14.9 Å². The van der Waals surface area contributed by atoms with Crippen molar-refractivity contribution in [2.24, 2.45) is 0 Å². The third kappa shape index (κ3) is 3.11. The molecule has 0 aliphatic carbocycles. The average molecular weight is 159 g/mol. The van der Waals surface area contributed by atoms with Crippen LogP contribution < -0.4 is 0 Å². The Morgan fingerprint density at radius 1 is 1.55 bits per heavy atom. The largest absolute Gasteiger partial charge is 0.292 e. The average Bonchev–Trinajstić information content (AvgIpc) is 1.88. The fraction of sp³-hybridized carbons (Fsp3) is 0.857. The third-order valence-electron chi connectivity index (χ3n) is 1.51. The van der Waals surface area contributed by atoms with Crippen LogP contribution in [0, 0.1) is 10.1 Å². The number of hydrogen-bond acceptors (Lipinski definition) is 3. The summed E-state index contributed by atoms with van der Waals surface area (Å²) in [6.45, 7) is 3.49. The van der Waals surface area contributed by atoms with Crippen molar-refractivity contribution < 1.29 is 9.72 Å². The van der Waals surface area contributed by atoms with Crippen LogP contribution in [-0.2, 0) is 4.79 Å². The van der Waals surface area contributed by atoms with Gasteiger partial charge in [-0.3, -0.25) is 14.9 Å². The molecule has 1 atom stereocenters. The van der Waals surface area contributed by atoms with Gasteiger partial charge in [0.05, 0.1) is 0 Å². The fourth-order valence-electron chi connectivity index (χ4n) is 0.907. The monoisotopic (exact) mass is 159 g/mol. The molecule has 64 valence electrons. The number of nitro groups is 1. The molecule has 0 amide bonds. The molecule has 0 N–H and O–H groups in total. The van der Waals surface area contributed by atoms with E-state index >= 15 is 0 Å². The normalized spacial score (nSPS) is 12.5. The van der Waals surface area contributed by atoms with Gasteiger partial charge >= 0.3 is 0 Å². The molecule has 0 aromatic heterocycles. The van der Waals surface area contributed by atoms with E-state index in [1.165, 1.54) is 0 Å². The van der Waals surface area contributed by atoms with E-state index in [0.717, 1.165) is 0 Å². The molecule has 11 heavy (non-hydrogen) atoms. The van der Waals surface area contributed by atoms with E-state index in [1.807, 2.05) is 6.92 Å². The Bertz CT molecular complexity index is 156. The van der Waals surface area contributed by atoms with Gasteiger partial charge in [-0.05, 0) is 6.42 Å². The van der Waals surface area contributed by atoms with E-state index in [4.69, 9.17) is 0 Å². The van der Waals surface area contributed by atoms with Gasteiger partial charge in [-0.1, -0.05) is 13.8 Å². The molecule has 0 heterocycles. The Kier molecular flexibility index (Phi) is 4.41. The molecule has 0 aliphatic rings. The van der Waals surface area contributed by atoms with Crippen LogP contribution in [0.15, 0.2) is 0 Å². The third-order valence-corrected chi connectivity index (χ3v) is 1.51. The zero-order chi connectivity index (χ0) is 8.85. The highest BCUT2D eigenvalue weighted by Gasteiger charge is 2.25. The minimum atomic E-state index is -0.977. The molecule has 0 saturated carbocycles. The van der Waals surface area contributed by atoms with Gasteiger partial charge in [-0.15, -0.1) is 0 Å². The highest BCUT2D eigenvalue weighted by atomic mass is 16.6. The molecule has 0 aliphatic heterocycles. The van der Waals surface area contributed by atoms with Gasteiger partial charge < -0.3 is 0 Å². The summed E-state index contributed by atoms with van der Waals surface area (Å²) in [6.07, 6.45) is 1.30. The number of rotatable bonds is 5. The quantitative estimate of drug-likeness (QED) is 0.450. The molecule has 0 unspecified atom stereocenters. The SMILES string of the molecule is CCCC(=O)[C@@H](CC)[N+](=O)[O-]. The second-order valence-electron chi connectivity index (χ2n) is 2.43. The minimum Gasteiger partial charge on any atom is -0.292 e. The van der Waals surface area contributed by atoms with Crippen molar-refractivity contribution in [2.75, 3.05) is 0 Å². The number of ketones is 1. The molecule has 0 aromatic carbocycles. The smallest absolute Gasteiger partial charge is 0.270 e. The lowest BCUT2D eigenvalue weighted by Gasteiger charge is -2.03. The minimum absolute atomic E-state index is 0.250. The first-order valence-corrected chi connectivity index (χ1v) is 3.79. The summed E-state index contributed by atoms with van der Waals surface area (Å²) < 4.78 is 0. The van der Waals surface area contributed by atoms with Crippen LogP contribution in [0.1, 0.15) is 33.1 Å². The van der Waals surface area contributed by atoms with E-state index in [-0.39, 0.29) is 5.78 Å². The van der Waals surface area contributed by atoms with Crippen molar-refractivity contribution in [3.05, 3.63) is 10.1 Å². The first kappa shape index (κ1) is 10.1. The van der Waals surface area contributed by atoms with Gasteiger partial charge in [-0.25, -0.2) is 0 Å². The Hall–Kier alpha value is -0.930. The fourth-order valence-corrected chi connectivity index (χ4v) is 0.907. The van der Waals surface area contributed by atoms with Gasteiger partial charge in [0.15, 0.2) is 0 Å². The van der Waals surface area contributed by atoms with E-state index in [0.29, 0.717) is 19.3 Å². The summed E-state index contributed by atoms with van der Waals surface area (Å²) in [5.41, 5.74) is 0. The predicted molar refractivity (Wildman–Crippen MR) is 41.0 cm³/mol. The van der Waals surface area contributed by atoms with E-state index < -0.39 is 11.0 Å². The summed E-state index contributed by atoms with van der Waals surface area (Å²) >= 11 is 0. The first-order chi connectivity index (χ1) is 5.13. The molecule has 0 spiro atoms. The van der Waals surface area contributed by atoms with Crippen molar-refractivity contribution in [1.82, 2.24) is 0 Å². The molecule has 0 fully saturated rings. The maximum absolute atomic E-state index is 11.0. The van der Waals surface area contributed by atoms with Gasteiger partial charge in [0.1, 0.15) is 0 Å². The van der Waals surface area contributed by atoms with Crippen LogP contribution in [-0.4, -0.2) is 16.7 Å². The van der Waals surface area contributed by atoms with Crippen molar-refractivity contribution in [3.8, 4) is 0 Å². The van der Waals surface area contributed by atoms with Crippen molar-refractivity contribution in [3.63, 3.8) is 0 Å². The van der Waals surface area contributed by atoms with Crippen LogP contribution in [0.3, 0.4) is 0 Å². The number of carbonyl (C=O) groups is 1. The lowest BCUT2D eigenvalue weighted by molar-refractivity contribution is -0.507. The zero-order valence-corrected chi connectivity index (χ0v) is 6.87. The Labute approximate surface area is 65.7 Å². The summed E-state index contributed by atoms with van der Waals surface area (Å²) in [4.78, 5) is 20.7. The number of nitrogens with zero attached hydrogens (tertiary/aromatic N) is 1. The van der Waals surface area contributed by atoms with Crippen LogP contribution in [0.5, 0.6) is 0 Å². The van der Waals surface area contributed by atoms with Gasteiger partial charge in [0, 0.05) is 17.8 Å². The molecule has 0 saturated heterocycles. The molecular weight excluding hydrogens is 146 g/mol. The maximum Gasteiger partial charge on any atom is 0.270 e. The van der Waals surface area contributed by atoms with E-state index in [2.05, 4.69) is 0 Å². The van der Waals surface area contributed by atoms with Crippen LogP contribution in [0.25, 0.3) is 0 Å². The zero-order valence-electron chi connectivity index (χ0n) is 6.87. The molecule has 0 radical (unpaired) electrons. The molecule has 0 bridgehead atoms. The van der Waals surface area contributed by atoms with Crippen molar-refractivity contribution in [2.45, 2.75) is 39.2 Å². The summed E-state index contributed by atoms with van der Waals surface area (Å²) in [5.74, 6) is -0.250. The molecule has 4 heteroatoms. The predicted octanol–water partition coefficient (Wildman–Crippen LogP) is 1.41. The number of carbonyl (C=O) groups excluding carboxylic acids is 1. The number of hydrogen-bond donors (Lipinski definition) is 0. The van der Waals surface area contributed by atoms with Crippen LogP contribution in [0.2, 0.25) is 0 Å². The highest BCUT2D eigenvalue weighted by Crippen LogP contribution is 2.02. The van der Waals surface area contributed by atoms with Crippen molar-refractivity contribution in [1.29, 1.82) is 0 Å². The Morgan fingerprint density at radius 3 is 2.36 bits per heavy atom. The second kappa shape index (κ2) is 4.82. The summed E-state index contributed by atoms with van der Waals surface area (Å²) in [5, 5.41) is 10.2. The van der Waals surface area contributed by atoms with Gasteiger partial charge in [0.25, 0.3) is 6.04 Å². The molecule has 0 rings (SSSR count). The molecular formula is C7H13NO3. The highest BCUT2D eigenvalue weighted by molar-refractivity contribution is 5.82. The van der Waals surface area contributed by atoms with Crippen LogP contribution in [0.4, 0.5) is 0 Å².